The van der Waals surface area contributed by atoms with E-state index in [9.17, 15) is 4.39 Å². The predicted molar refractivity (Wildman–Crippen MR) is 65.9 cm³/mol. The Hall–Kier alpha value is -2.01. The number of nitrogens with one attached hydrogen (secondary N) is 1. The van der Waals surface area contributed by atoms with Crippen molar-refractivity contribution in [3.8, 4) is 5.75 Å². The quantitative estimate of drug-likeness (QED) is 0.896. The first-order chi connectivity index (χ1) is 8.76. The Morgan fingerprint density at radius 2 is 2.22 bits per heavy atom. The maximum Gasteiger partial charge on any atom is 0.146 e. The number of hydrogen-bond donors (Lipinski definition) is 1. The average Bonchev–Trinajstić information content (AvgIpc) is 2.42. The van der Waals surface area contributed by atoms with Crippen LogP contribution in [0.25, 0.3) is 0 Å². The van der Waals surface area contributed by atoms with E-state index in [0.29, 0.717) is 11.4 Å². The Morgan fingerprint density at radius 3 is 2.89 bits per heavy atom. The van der Waals surface area contributed by atoms with Crippen LogP contribution in [0.15, 0.2) is 36.8 Å². The highest BCUT2D eigenvalue weighted by Gasteiger charge is 2.18. The summed E-state index contributed by atoms with van der Waals surface area (Å²) in [5.74, 6) is 0.281. The summed E-state index contributed by atoms with van der Waals surface area (Å²) in [4.78, 5) is 8.14. The molecule has 1 unspecified atom stereocenters. The molecule has 2 aromatic rings. The maximum absolute atomic E-state index is 13.7. The molecule has 0 aliphatic rings. The van der Waals surface area contributed by atoms with Gasteiger partial charge in [-0.25, -0.2) is 4.39 Å². The van der Waals surface area contributed by atoms with Crippen molar-refractivity contribution in [2.45, 2.75) is 6.04 Å². The van der Waals surface area contributed by atoms with Crippen LogP contribution in [-0.4, -0.2) is 24.1 Å². The first-order valence-electron chi connectivity index (χ1n) is 5.53. The lowest BCUT2D eigenvalue weighted by molar-refractivity contribution is 0.411. The zero-order chi connectivity index (χ0) is 13.0. The number of pyridine rings is 2. The summed E-state index contributed by atoms with van der Waals surface area (Å²) in [7, 11) is 3.31. The molecule has 5 heteroatoms. The normalized spacial score (nSPS) is 12.2. The van der Waals surface area contributed by atoms with Crippen LogP contribution in [0.5, 0.6) is 5.75 Å². The molecular weight excluding hydrogens is 233 g/mol. The van der Waals surface area contributed by atoms with E-state index in [4.69, 9.17) is 4.74 Å². The lowest BCUT2D eigenvalue weighted by Crippen LogP contribution is -2.20. The molecule has 1 N–H and O–H groups in total. The van der Waals surface area contributed by atoms with E-state index in [2.05, 4.69) is 15.3 Å². The molecule has 0 aliphatic carbocycles. The van der Waals surface area contributed by atoms with Gasteiger partial charge in [-0.3, -0.25) is 9.97 Å². The molecule has 2 rings (SSSR count). The van der Waals surface area contributed by atoms with Gasteiger partial charge in [0.15, 0.2) is 0 Å². The fraction of sp³-hybridized carbons (Fsp3) is 0.231. The largest absolute Gasteiger partial charge is 0.495 e. The van der Waals surface area contributed by atoms with Crippen LogP contribution in [0.1, 0.15) is 17.3 Å². The van der Waals surface area contributed by atoms with Crippen molar-refractivity contribution in [2.24, 2.45) is 0 Å². The zero-order valence-electron chi connectivity index (χ0n) is 10.2. The highest BCUT2D eigenvalue weighted by atomic mass is 19.1. The molecular formula is C13H14FN3O. The lowest BCUT2D eigenvalue weighted by Gasteiger charge is -2.16. The fourth-order valence-electron chi connectivity index (χ4n) is 1.78. The Labute approximate surface area is 105 Å². The topological polar surface area (TPSA) is 47.0 Å². The van der Waals surface area contributed by atoms with Gasteiger partial charge in [0, 0.05) is 12.4 Å². The molecule has 0 radical (unpaired) electrons. The first kappa shape index (κ1) is 12.4. The Bertz CT molecular complexity index is 533. The minimum absolute atomic E-state index is 0.343. The van der Waals surface area contributed by atoms with E-state index in [1.807, 2.05) is 6.07 Å². The van der Waals surface area contributed by atoms with Crippen molar-refractivity contribution >= 4 is 0 Å². The number of rotatable bonds is 4. The van der Waals surface area contributed by atoms with Crippen molar-refractivity contribution in [2.75, 3.05) is 14.2 Å². The SMILES string of the molecule is CNC(c1cncc(OC)c1)c1ncccc1F. The second-order valence-electron chi connectivity index (χ2n) is 3.75. The van der Waals surface area contributed by atoms with Gasteiger partial charge >= 0.3 is 0 Å². The molecule has 0 aromatic carbocycles. The van der Waals surface area contributed by atoms with Crippen LogP contribution in [0, 0.1) is 5.82 Å². The van der Waals surface area contributed by atoms with Crippen LogP contribution in [0.2, 0.25) is 0 Å². The standard InChI is InChI=1S/C13H14FN3O/c1-15-12(13-11(14)4-3-5-17-13)9-6-10(18-2)8-16-7-9/h3-8,12,15H,1-2H3. The van der Waals surface area contributed by atoms with Gasteiger partial charge in [-0.05, 0) is 30.8 Å². The first-order valence-corrected chi connectivity index (χ1v) is 5.53. The molecule has 2 heterocycles. The number of nitrogens with zero attached hydrogens (tertiary/aromatic N) is 2. The minimum Gasteiger partial charge on any atom is -0.495 e. The fourth-order valence-corrected chi connectivity index (χ4v) is 1.78. The molecule has 1 atom stereocenters. The zero-order valence-corrected chi connectivity index (χ0v) is 10.2. The van der Waals surface area contributed by atoms with Gasteiger partial charge in [-0.2, -0.15) is 0 Å². The van der Waals surface area contributed by atoms with Crippen molar-refractivity contribution < 1.29 is 9.13 Å². The molecule has 0 fully saturated rings. The number of methoxy groups -OCH3 is 1. The second-order valence-corrected chi connectivity index (χ2v) is 3.75. The van der Waals surface area contributed by atoms with E-state index in [1.165, 1.54) is 6.07 Å². The van der Waals surface area contributed by atoms with E-state index in [1.54, 1.807) is 38.8 Å². The molecule has 0 aliphatic heterocycles. The third kappa shape index (κ3) is 2.46. The van der Waals surface area contributed by atoms with Gasteiger partial charge in [0.05, 0.1) is 25.0 Å². The van der Waals surface area contributed by atoms with Gasteiger partial charge < -0.3 is 10.1 Å². The summed E-state index contributed by atoms with van der Waals surface area (Å²) < 4.78 is 18.9. The highest BCUT2D eigenvalue weighted by molar-refractivity contribution is 5.31. The van der Waals surface area contributed by atoms with E-state index < -0.39 is 0 Å². The Balaban J connectivity index is 2.42. The van der Waals surface area contributed by atoms with Gasteiger partial charge in [-0.1, -0.05) is 0 Å². The monoisotopic (exact) mass is 247 g/mol. The number of hydrogen-bond acceptors (Lipinski definition) is 4. The molecule has 2 aromatic heterocycles. The third-order valence-corrected chi connectivity index (χ3v) is 2.65. The van der Waals surface area contributed by atoms with E-state index >= 15 is 0 Å². The highest BCUT2D eigenvalue weighted by Crippen LogP contribution is 2.24. The van der Waals surface area contributed by atoms with E-state index in [-0.39, 0.29) is 11.9 Å². The summed E-state index contributed by atoms with van der Waals surface area (Å²) in [6.07, 6.45) is 4.83. The summed E-state index contributed by atoms with van der Waals surface area (Å²) in [5.41, 5.74) is 1.14. The summed E-state index contributed by atoms with van der Waals surface area (Å²) >= 11 is 0. The smallest absolute Gasteiger partial charge is 0.146 e. The minimum atomic E-state index is -0.353. The Kier molecular flexibility index (Phi) is 3.84. The summed E-state index contributed by atoms with van der Waals surface area (Å²) in [6.45, 7) is 0. The van der Waals surface area contributed by atoms with Gasteiger partial charge in [0.1, 0.15) is 11.6 Å². The van der Waals surface area contributed by atoms with Crippen LogP contribution >= 0.6 is 0 Å². The van der Waals surface area contributed by atoms with Crippen molar-refractivity contribution in [3.05, 3.63) is 53.9 Å². The summed E-state index contributed by atoms with van der Waals surface area (Å²) in [6, 6.07) is 4.41. The molecule has 18 heavy (non-hydrogen) atoms. The predicted octanol–water partition coefficient (Wildman–Crippen LogP) is 1.93. The molecule has 94 valence electrons. The lowest BCUT2D eigenvalue weighted by atomic mass is 10.0. The van der Waals surface area contributed by atoms with Crippen LogP contribution < -0.4 is 10.1 Å². The molecule has 0 saturated carbocycles. The van der Waals surface area contributed by atoms with Crippen molar-refractivity contribution in [1.82, 2.24) is 15.3 Å². The van der Waals surface area contributed by atoms with Crippen molar-refractivity contribution in [1.29, 1.82) is 0 Å². The Morgan fingerprint density at radius 1 is 1.39 bits per heavy atom. The van der Waals surface area contributed by atoms with Crippen LogP contribution in [0.3, 0.4) is 0 Å². The van der Waals surface area contributed by atoms with Crippen molar-refractivity contribution in [3.63, 3.8) is 0 Å². The second kappa shape index (κ2) is 5.55. The van der Waals surface area contributed by atoms with Gasteiger partial charge in [0.25, 0.3) is 0 Å². The van der Waals surface area contributed by atoms with Crippen LogP contribution in [0.4, 0.5) is 4.39 Å². The third-order valence-electron chi connectivity index (χ3n) is 2.65. The number of aromatic nitrogens is 2. The molecule has 4 nitrogen and oxygen atoms in total. The van der Waals surface area contributed by atoms with Gasteiger partial charge in [-0.15, -0.1) is 0 Å². The molecule has 0 saturated heterocycles. The summed E-state index contributed by atoms with van der Waals surface area (Å²) in [5, 5.41) is 3.03. The average molecular weight is 247 g/mol. The van der Waals surface area contributed by atoms with Gasteiger partial charge in [0.2, 0.25) is 0 Å². The molecule has 0 amide bonds. The molecule has 0 bridgehead atoms. The van der Waals surface area contributed by atoms with E-state index in [0.717, 1.165) is 5.56 Å². The number of halogens is 1. The number of ether oxygens (including phenoxy) is 1. The van der Waals surface area contributed by atoms with Crippen LogP contribution in [-0.2, 0) is 0 Å². The maximum atomic E-state index is 13.7. The molecule has 0 spiro atoms.